The molecule has 160 valence electrons. The maximum atomic E-state index is 13.3. The van der Waals surface area contributed by atoms with E-state index < -0.39 is 11.5 Å². The van der Waals surface area contributed by atoms with Crippen molar-refractivity contribution in [2.24, 2.45) is 0 Å². The summed E-state index contributed by atoms with van der Waals surface area (Å²) in [7, 11) is 0. The summed E-state index contributed by atoms with van der Waals surface area (Å²) >= 11 is 0. The summed E-state index contributed by atoms with van der Waals surface area (Å²) < 4.78 is 0. The van der Waals surface area contributed by atoms with Gasteiger partial charge in [-0.05, 0) is 38.4 Å². The Morgan fingerprint density at radius 1 is 1.23 bits per heavy atom. The van der Waals surface area contributed by atoms with Crippen LogP contribution in [0.5, 0.6) is 0 Å². The highest BCUT2D eigenvalue weighted by Gasteiger charge is 2.46. The van der Waals surface area contributed by atoms with Gasteiger partial charge in [0, 0.05) is 31.1 Å². The summed E-state index contributed by atoms with van der Waals surface area (Å²) in [6, 6.07) is 12.2. The Labute approximate surface area is 176 Å². The molecule has 0 bridgehead atoms. The molecule has 1 amide bonds. The van der Waals surface area contributed by atoms with Crippen LogP contribution in [0.1, 0.15) is 31.4 Å². The summed E-state index contributed by atoms with van der Waals surface area (Å²) in [6.07, 6.45) is 1.65. The van der Waals surface area contributed by atoms with E-state index >= 15 is 0 Å². The van der Waals surface area contributed by atoms with Crippen LogP contribution in [0.25, 0.3) is 10.9 Å². The van der Waals surface area contributed by atoms with Crippen LogP contribution in [0.4, 0.5) is 0 Å². The van der Waals surface area contributed by atoms with Gasteiger partial charge >= 0.3 is 0 Å². The Bertz CT molecular complexity index is 921. The lowest BCUT2D eigenvalue weighted by Gasteiger charge is -2.51. The van der Waals surface area contributed by atoms with Crippen molar-refractivity contribution in [3.63, 3.8) is 0 Å². The van der Waals surface area contributed by atoms with Crippen molar-refractivity contribution in [3.05, 3.63) is 42.1 Å². The van der Waals surface area contributed by atoms with Crippen LogP contribution in [0.3, 0.4) is 0 Å². The van der Waals surface area contributed by atoms with Crippen molar-refractivity contribution in [2.45, 2.75) is 49.8 Å². The molecule has 3 aliphatic heterocycles. The summed E-state index contributed by atoms with van der Waals surface area (Å²) in [5.74, 6) is -0.482. The minimum absolute atomic E-state index is 0.0469. The number of fused-ring (bicyclic) bond motifs is 1. The molecular formula is C22H30N6O2. The van der Waals surface area contributed by atoms with Crippen molar-refractivity contribution in [2.75, 3.05) is 26.2 Å². The molecule has 3 fully saturated rings. The molecular weight excluding hydrogens is 380 g/mol. The van der Waals surface area contributed by atoms with Crippen molar-refractivity contribution in [1.29, 1.82) is 0 Å². The average Bonchev–Trinajstić information content (AvgIpc) is 2.72. The fourth-order valence-corrected chi connectivity index (χ4v) is 4.84. The Morgan fingerprint density at radius 3 is 2.83 bits per heavy atom. The highest BCUT2D eigenvalue weighted by atomic mass is 16.3. The number of carbonyl (C=O) groups excluding carboxylic acids is 1. The van der Waals surface area contributed by atoms with Gasteiger partial charge in [0.1, 0.15) is 12.2 Å². The smallest absolute Gasteiger partial charge is 0.234 e. The monoisotopic (exact) mass is 410 g/mol. The van der Waals surface area contributed by atoms with Gasteiger partial charge in [-0.15, -0.1) is 0 Å². The fourth-order valence-electron chi connectivity index (χ4n) is 4.84. The van der Waals surface area contributed by atoms with Crippen LogP contribution >= 0.6 is 0 Å². The van der Waals surface area contributed by atoms with Gasteiger partial charge in [0.2, 0.25) is 5.91 Å². The van der Waals surface area contributed by atoms with E-state index in [0.717, 1.165) is 42.5 Å². The number of hydrogen-bond donors (Lipinski definition) is 5. The second kappa shape index (κ2) is 7.86. The van der Waals surface area contributed by atoms with E-state index in [0.29, 0.717) is 19.1 Å². The second-order valence-electron chi connectivity index (χ2n) is 9.07. The summed E-state index contributed by atoms with van der Waals surface area (Å²) in [5, 5.41) is 25.0. The third-order valence-corrected chi connectivity index (χ3v) is 6.34. The predicted molar refractivity (Wildman–Crippen MR) is 115 cm³/mol. The van der Waals surface area contributed by atoms with E-state index in [9.17, 15) is 9.90 Å². The lowest BCUT2D eigenvalue weighted by Crippen LogP contribution is -2.76. The first-order valence-corrected chi connectivity index (χ1v) is 10.8. The van der Waals surface area contributed by atoms with E-state index in [1.165, 1.54) is 0 Å². The van der Waals surface area contributed by atoms with Gasteiger partial charge in [-0.3, -0.25) is 25.3 Å². The van der Waals surface area contributed by atoms with E-state index in [1.54, 1.807) is 0 Å². The standard InChI is InChI=1S/C22H30N6O2/c1-22(30)12-28(13-22)21-26-19(24-15-6-4-10-23-11-15)18(20(29)27-21)17-9-8-14-5-2-3-7-16(14)25-17/h2-3,5,7-9,15,18-19,21,23-24,26,30H,4,6,10-13H2,1H3,(H,27,29)/t15-,18?,19?,21?/m1/s1. The molecule has 3 unspecified atom stereocenters. The number of rotatable bonds is 4. The number of aromatic nitrogens is 1. The number of aliphatic hydroxyl groups is 1. The van der Waals surface area contributed by atoms with Gasteiger partial charge in [0.05, 0.1) is 23.0 Å². The van der Waals surface area contributed by atoms with Gasteiger partial charge in [0.25, 0.3) is 0 Å². The summed E-state index contributed by atoms with van der Waals surface area (Å²) in [6.45, 7) is 4.81. The van der Waals surface area contributed by atoms with Crippen LogP contribution < -0.4 is 21.3 Å². The number of likely N-dealkylation sites (tertiary alicyclic amines) is 1. The minimum Gasteiger partial charge on any atom is -0.387 e. The number of hydrogen-bond acceptors (Lipinski definition) is 7. The number of piperidine rings is 1. The molecule has 5 N–H and O–H groups in total. The molecule has 0 spiro atoms. The molecule has 5 rings (SSSR count). The first-order valence-electron chi connectivity index (χ1n) is 10.8. The van der Waals surface area contributed by atoms with Crippen molar-refractivity contribution in [3.8, 4) is 0 Å². The summed E-state index contributed by atoms with van der Waals surface area (Å²) in [4.78, 5) is 20.1. The number of carbonyl (C=O) groups is 1. The number of para-hydroxylation sites is 1. The molecule has 2 aromatic rings. The van der Waals surface area contributed by atoms with E-state index in [4.69, 9.17) is 4.98 Å². The zero-order valence-corrected chi connectivity index (χ0v) is 17.3. The molecule has 8 nitrogen and oxygen atoms in total. The second-order valence-corrected chi connectivity index (χ2v) is 9.07. The van der Waals surface area contributed by atoms with Crippen LogP contribution in [0.2, 0.25) is 0 Å². The molecule has 0 aliphatic carbocycles. The van der Waals surface area contributed by atoms with Gasteiger partial charge in [-0.2, -0.15) is 0 Å². The van der Waals surface area contributed by atoms with Crippen LogP contribution in [-0.2, 0) is 4.79 Å². The molecule has 3 saturated heterocycles. The molecule has 4 atom stereocenters. The number of nitrogens with one attached hydrogen (secondary N) is 4. The maximum absolute atomic E-state index is 13.3. The maximum Gasteiger partial charge on any atom is 0.234 e. The molecule has 4 heterocycles. The minimum atomic E-state index is -0.695. The molecule has 1 aromatic carbocycles. The largest absolute Gasteiger partial charge is 0.387 e. The highest BCUT2D eigenvalue weighted by Crippen LogP contribution is 2.27. The highest BCUT2D eigenvalue weighted by molar-refractivity contribution is 5.86. The zero-order chi connectivity index (χ0) is 20.7. The van der Waals surface area contributed by atoms with Crippen LogP contribution in [0, 0.1) is 0 Å². The number of pyridine rings is 1. The Morgan fingerprint density at radius 2 is 2.07 bits per heavy atom. The number of benzene rings is 1. The Balaban J connectivity index is 1.41. The fraction of sp³-hybridized carbons (Fsp3) is 0.545. The van der Waals surface area contributed by atoms with E-state index in [2.05, 4.69) is 26.2 Å². The van der Waals surface area contributed by atoms with Crippen LogP contribution in [-0.4, -0.2) is 71.2 Å². The first-order chi connectivity index (χ1) is 14.5. The van der Waals surface area contributed by atoms with Gasteiger partial charge in [-0.1, -0.05) is 24.3 Å². The van der Waals surface area contributed by atoms with E-state index in [-0.39, 0.29) is 18.4 Å². The van der Waals surface area contributed by atoms with Crippen molar-refractivity contribution >= 4 is 16.8 Å². The van der Waals surface area contributed by atoms with Gasteiger partial charge < -0.3 is 15.7 Å². The topological polar surface area (TPSA) is 102 Å². The average molecular weight is 411 g/mol. The third kappa shape index (κ3) is 3.93. The van der Waals surface area contributed by atoms with Gasteiger partial charge in [-0.25, -0.2) is 0 Å². The van der Waals surface area contributed by atoms with Gasteiger partial charge in [0.15, 0.2) is 0 Å². The normalized spacial score (nSPS) is 31.9. The molecule has 0 radical (unpaired) electrons. The number of β-amino-alcohol motifs (C(OH)–C–C–N with tert-alkyl or cyclic N) is 1. The first kappa shape index (κ1) is 19.8. The van der Waals surface area contributed by atoms with Crippen molar-refractivity contribution in [1.82, 2.24) is 31.2 Å². The molecule has 3 aliphatic rings. The number of nitrogens with zero attached hydrogens (tertiary/aromatic N) is 2. The number of amides is 1. The van der Waals surface area contributed by atoms with E-state index in [1.807, 2.05) is 43.3 Å². The molecule has 8 heteroatoms. The zero-order valence-electron chi connectivity index (χ0n) is 17.3. The Kier molecular flexibility index (Phi) is 5.20. The summed E-state index contributed by atoms with van der Waals surface area (Å²) in [5.41, 5.74) is 0.954. The third-order valence-electron chi connectivity index (χ3n) is 6.34. The lowest BCUT2D eigenvalue weighted by atomic mass is 9.93. The van der Waals surface area contributed by atoms with Crippen molar-refractivity contribution < 1.29 is 9.90 Å². The molecule has 30 heavy (non-hydrogen) atoms. The van der Waals surface area contributed by atoms with Crippen LogP contribution in [0.15, 0.2) is 36.4 Å². The lowest BCUT2D eigenvalue weighted by molar-refractivity contribution is -0.144. The predicted octanol–water partition coefficient (Wildman–Crippen LogP) is 0.0557. The SMILES string of the molecule is CC1(O)CN(C2NC(=O)C(c3ccc4ccccc4n3)C(N[C@@H]3CCCNC3)N2)C1. The molecule has 0 saturated carbocycles. The quantitative estimate of drug-likeness (QED) is 0.486. The molecule has 1 aromatic heterocycles. The Hall–Kier alpha value is -2.10.